The van der Waals surface area contributed by atoms with Gasteiger partial charge in [-0.2, -0.15) is 0 Å². The topological polar surface area (TPSA) is 69.0 Å². The van der Waals surface area contributed by atoms with E-state index in [1.54, 1.807) is 6.07 Å². The third kappa shape index (κ3) is 2.61. The van der Waals surface area contributed by atoms with Gasteiger partial charge in [0, 0.05) is 36.1 Å². The van der Waals surface area contributed by atoms with E-state index >= 15 is 0 Å². The SMILES string of the molecule is CC1(C)CC(=O)c2cn(S(=O)(=O)c3cccnc3)c(-c3ccccc3F)c21. The summed E-state index contributed by atoms with van der Waals surface area (Å²) in [6, 6.07) is 8.92. The summed E-state index contributed by atoms with van der Waals surface area (Å²) in [7, 11) is -4.05. The summed E-state index contributed by atoms with van der Waals surface area (Å²) in [4.78, 5) is 16.4. The number of hydrogen-bond donors (Lipinski definition) is 0. The van der Waals surface area contributed by atoms with E-state index in [0.717, 1.165) is 3.97 Å². The Morgan fingerprint density at radius 3 is 2.52 bits per heavy atom. The highest BCUT2D eigenvalue weighted by molar-refractivity contribution is 7.90. The van der Waals surface area contributed by atoms with Crippen LogP contribution >= 0.6 is 0 Å². The van der Waals surface area contributed by atoms with Crippen molar-refractivity contribution in [1.82, 2.24) is 8.96 Å². The maximum Gasteiger partial charge on any atom is 0.269 e. The van der Waals surface area contributed by atoms with E-state index in [0.29, 0.717) is 11.1 Å². The van der Waals surface area contributed by atoms with Gasteiger partial charge in [0.25, 0.3) is 10.0 Å². The van der Waals surface area contributed by atoms with Crippen LogP contribution < -0.4 is 0 Å². The van der Waals surface area contributed by atoms with Gasteiger partial charge in [0.1, 0.15) is 10.7 Å². The van der Waals surface area contributed by atoms with Crippen molar-refractivity contribution in [2.75, 3.05) is 0 Å². The van der Waals surface area contributed by atoms with Crippen LogP contribution in [-0.4, -0.2) is 23.2 Å². The van der Waals surface area contributed by atoms with Gasteiger partial charge in [-0.3, -0.25) is 9.78 Å². The van der Waals surface area contributed by atoms with Gasteiger partial charge in [-0.25, -0.2) is 16.8 Å². The predicted molar refractivity (Wildman–Crippen MR) is 98.6 cm³/mol. The van der Waals surface area contributed by atoms with Crippen LogP contribution in [0.25, 0.3) is 11.3 Å². The lowest BCUT2D eigenvalue weighted by Gasteiger charge is -2.21. The van der Waals surface area contributed by atoms with Crippen LogP contribution in [0.3, 0.4) is 0 Å². The van der Waals surface area contributed by atoms with Crippen molar-refractivity contribution in [3.05, 3.63) is 71.9 Å². The number of pyridine rings is 1. The van der Waals surface area contributed by atoms with E-state index in [9.17, 15) is 17.6 Å². The molecule has 27 heavy (non-hydrogen) atoms. The number of hydrogen-bond acceptors (Lipinski definition) is 4. The molecule has 0 radical (unpaired) electrons. The number of carbonyl (C=O) groups is 1. The summed E-state index contributed by atoms with van der Waals surface area (Å²) >= 11 is 0. The van der Waals surface area contributed by atoms with Crippen LogP contribution in [0.2, 0.25) is 0 Å². The smallest absolute Gasteiger partial charge is 0.269 e. The van der Waals surface area contributed by atoms with Crippen molar-refractivity contribution in [2.24, 2.45) is 0 Å². The number of nitrogens with zero attached hydrogens (tertiary/aromatic N) is 2. The Hall–Kier alpha value is -2.80. The molecule has 0 unspecified atom stereocenters. The largest absolute Gasteiger partial charge is 0.294 e. The van der Waals surface area contributed by atoms with E-state index in [4.69, 9.17) is 0 Å². The minimum Gasteiger partial charge on any atom is -0.294 e. The normalized spacial score (nSPS) is 15.7. The van der Waals surface area contributed by atoms with Crippen molar-refractivity contribution < 1.29 is 17.6 Å². The molecule has 0 saturated carbocycles. The molecule has 138 valence electrons. The van der Waals surface area contributed by atoms with Crippen molar-refractivity contribution >= 4 is 15.8 Å². The number of Topliss-reactive ketones (excluding diaryl/α,β-unsaturated/α-hetero) is 1. The molecule has 1 aromatic carbocycles. The molecule has 0 bridgehead atoms. The molecule has 4 rings (SSSR count). The third-order valence-electron chi connectivity index (χ3n) is 4.87. The molecule has 0 N–H and O–H groups in total. The molecule has 0 spiro atoms. The molecule has 5 nitrogen and oxygen atoms in total. The van der Waals surface area contributed by atoms with Gasteiger partial charge in [-0.15, -0.1) is 0 Å². The first-order valence-electron chi connectivity index (χ1n) is 8.43. The Labute approximate surface area is 156 Å². The number of carbonyl (C=O) groups excluding carboxylic acids is 1. The first-order chi connectivity index (χ1) is 12.7. The van der Waals surface area contributed by atoms with Crippen LogP contribution in [0, 0.1) is 5.82 Å². The molecular formula is C20H17FN2O3S. The van der Waals surface area contributed by atoms with E-state index in [1.807, 2.05) is 13.8 Å². The van der Waals surface area contributed by atoms with Crippen molar-refractivity contribution in [2.45, 2.75) is 30.6 Å². The lowest BCUT2D eigenvalue weighted by Crippen LogP contribution is -2.19. The second kappa shape index (κ2) is 5.85. The highest BCUT2D eigenvalue weighted by Gasteiger charge is 2.43. The van der Waals surface area contributed by atoms with Gasteiger partial charge in [0.05, 0.1) is 5.69 Å². The summed E-state index contributed by atoms with van der Waals surface area (Å²) in [6.07, 6.45) is 4.28. The summed E-state index contributed by atoms with van der Waals surface area (Å²) in [6.45, 7) is 3.73. The average Bonchev–Trinajstić information content (AvgIpc) is 3.14. The molecule has 3 aromatic rings. The highest BCUT2D eigenvalue weighted by Crippen LogP contribution is 2.46. The number of ketones is 1. The molecule has 7 heteroatoms. The van der Waals surface area contributed by atoms with Crippen LogP contribution in [-0.2, 0) is 15.4 Å². The number of fused-ring (bicyclic) bond motifs is 1. The quantitative estimate of drug-likeness (QED) is 0.689. The molecule has 0 atom stereocenters. The van der Waals surface area contributed by atoms with Gasteiger partial charge in [0.2, 0.25) is 0 Å². The van der Waals surface area contributed by atoms with Gasteiger partial charge in [-0.05, 0) is 35.2 Å². The minimum absolute atomic E-state index is 0.0264. The molecular weight excluding hydrogens is 367 g/mol. The number of rotatable bonds is 3. The highest BCUT2D eigenvalue weighted by atomic mass is 32.2. The van der Waals surface area contributed by atoms with Crippen molar-refractivity contribution in [3.63, 3.8) is 0 Å². The summed E-state index contributed by atoms with van der Waals surface area (Å²) in [5, 5.41) is 0. The fourth-order valence-corrected chi connectivity index (χ4v) is 5.02. The second-order valence-electron chi connectivity index (χ2n) is 7.22. The van der Waals surface area contributed by atoms with Crippen LogP contribution in [0.15, 0.2) is 59.9 Å². The van der Waals surface area contributed by atoms with Crippen molar-refractivity contribution in [3.8, 4) is 11.3 Å². The molecule has 1 aliphatic carbocycles. The maximum atomic E-state index is 14.6. The Morgan fingerprint density at radius 2 is 1.85 bits per heavy atom. The summed E-state index contributed by atoms with van der Waals surface area (Å²) in [5.74, 6) is -0.691. The van der Waals surface area contributed by atoms with E-state index < -0.39 is 21.3 Å². The Balaban J connectivity index is 2.10. The monoisotopic (exact) mass is 384 g/mol. The van der Waals surface area contributed by atoms with Crippen LogP contribution in [0.4, 0.5) is 4.39 Å². The molecule has 1 aliphatic rings. The summed E-state index contributed by atoms with van der Waals surface area (Å²) in [5.41, 5.74) is 0.632. The second-order valence-corrected chi connectivity index (χ2v) is 9.03. The number of halogens is 1. The molecule has 2 heterocycles. The first-order valence-corrected chi connectivity index (χ1v) is 9.87. The Bertz CT molecular complexity index is 1170. The van der Waals surface area contributed by atoms with E-state index in [-0.39, 0.29) is 28.4 Å². The predicted octanol–water partition coefficient (Wildman–Crippen LogP) is 3.79. The molecule has 0 amide bonds. The standard InChI is InChI=1S/C20H17FN2O3S/c1-20(2)10-17(24)15-12-23(27(25,26)13-6-5-9-22-11-13)19(18(15)20)14-7-3-4-8-16(14)21/h3-9,11-12H,10H2,1-2H3. The van der Waals surface area contributed by atoms with Gasteiger partial charge >= 0.3 is 0 Å². The maximum absolute atomic E-state index is 14.6. The van der Waals surface area contributed by atoms with E-state index in [2.05, 4.69) is 4.98 Å². The Kier molecular flexibility index (Phi) is 3.82. The molecule has 2 aromatic heterocycles. The lowest BCUT2D eigenvalue weighted by molar-refractivity contribution is 0.0979. The first kappa shape index (κ1) is 17.6. The zero-order chi connectivity index (χ0) is 19.4. The third-order valence-corrected chi connectivity index (χ3v) is 6.52. The Morgan fingerprint density at radius 1 is 1.11 bits per heavy atom. The fraction of sp³-hybridized carbons (Fsp3) is 0.200. The minimum atomic E-state index is -4.05. The molecule has 0 saturated heterocycles. The zero-order valence-corrected chi connectivity index (χ0v) is 15.6. The zero-order valence-electron chi connectivity index (χ0n) is 14.8. The summed E-state index contributed by atoms with van der Waals surface area (Å²) < 4.78 is 42.2. The van der Waals surface area contributed by atoms with Gasteiger partial charge in [-0.1, -0.05) is 26.0 Å². The number of aromatic nitrogens is 2. The van der Waals surface area contributed by atoms with Gasteiger partial charge < -0.3 is 0 Å². The van der Waals surface area contributed by atoms with E-state index in [1.165, 1.54) is 48.9 Å². The number of benzene rings is 1. The van der Waals surface area contributed by atoms with Gasteiger partial charge in [0.15, 0.2) is 5.78 Å². The van der Waals surface area contributed by atoms with Crippen LogP contribution in [0.1, 0.15) is 36.2 Å². The van der Waals surface area contributed by atoms with Crippen LogP contribution in [0.5, 0.6) is 0 Å². The fourth-order valence-electron chi connectivity index (χ4n) is 3.68. The molecule has 0 fully saturated rings. The molecule has 0 aliphatic heterocycles. The average molecular weight is 384 g/mol. The van der Waals surface area contributed by atoms with Crippen molar-refractivity contribution in [1.29, 1.82) is 0 Å². The lowest BCUT2D eigenvalue weighted by atomic mass is 9.85.